The number of methoxy groups -OCH3 is 1. The molecule has 3 rings (SSSR count). The minimum Gasteiger partial charge on any atom is -0.496 e. The van der Waals surface area contributed by atoms with Gasteiger partial charge in [-0.2, -0.15) is 5.26 Å². The largest absolute Gasteiger partial charge is 0.496 e. The van der Waals surface area contributed by atoms with Gasteiger partial charge in [0.25, 0.3) is 0 Å². The van der Waals surface area contributed by atoms with E-state index in [0.717, 1.165) is 5.56 Å². The van der Waals surface area contributed by atoms with Crippen molar-refractivity contribution in [2.24, 2.45) is 0 Å². The summed E-state index contributed by atoms with van der Waals surface area (Å²) >= 11 is 6.33. The van der Waals surface area contributed by atoms with Crippen molar-refractivity contribution in [1.82, 2.24) is 9.55 Å². The van der Waals surface area contributed by atoms with E-state index in [1.807, 2.05) is 13.0 Å². The second-order valence-corrected chi connectivity index (χ2v) is 5.88. The first-order chi connectivity index (χ1) is 12.5. The van der Waals surface area contributed by atoms with Crippen molar-refractivity contribution in [1.29, 1.82) is 5.26 Å². The molecule has 0 saturated carbocycles. The molecule has 5 nitrogen and oxygen atoms in total. The molecule has 1 aromatic heterocycles. The van der Waals surface area contributed by atoms with Crippen LogP contribution in [0.15, 0.2) is 36.4 Å². The minimum atomic E-state index is -0.672. The van der Waals surface area contributed by atoms with E-state index in [2.05, 4.69) is 4.98 Å². The zero-order valence-electron chi connectivity index (χ0n) is 14.0. The molecule has 0 amide bonds. The SMILES string of the molecule is COc1ccc(-n2c(-c3ccc(C#N)c(F)c3)nc(C=O)c2Cl)cc1C. The van der Waals surface area contributed by atoms with Crippen LogP contribution in [-0.4, -0.2) is 22.9 Å². The molecule has 0 aliphatic heterocycles. The number of imidazole rings is 1. The topological polar surface area (TPSA) is 67.9 Å². The fraction of sp³-hybridized carbons (Fsp3) is 0.105. The van der Waals surface area contributed by atoms with E-state index >= 15 is 0 Å². The molecule has 7 heteroatoms. The maximum Gasteiger partial charge on any atom is 0.171 e. The summed E-state index contributed by atoms with van der Waals surface area (Å²) in [5.74, 6) is 0.325. The predicted molar refractivity (Wildman–Crippen MR) is 95.4 cm³/mol. The second kappa shape index (κ2) is 6.98. The summed E-state index contributed by atoms with van der Waals surface area (Å²) in [6.45, 7) is 1.87. The monoisotopic (exact) mass is 369 g/mol. The lowest BCUT2D eigenvalue weighted by atomic mass is 10.1. The molecule has 0 spiro atoms. The summed E-state index contributed by atoms with van der Waals surface area (Å²) in [7, 11) is 1.57. The second-order valence-electron chi connectivity index (χ2n) is 5.53. The number of rotatable bonds is 4. The first kappa shape index (κ1) is 17.6. The number of carbonyl (C=O) groups excluding carboxylic acids is 1. The first-order valence-electron chi connectivity index (χ1n) is 7.58. The number of nitrogens with zero attached hydrogens (tertiary/aromatic N) is 3. The number of benzene rings is 2. The van der Waals surface area contributed by atoms with Crippen LogP contribution in [-0.2, 0) is 0 Å². The molecule has 0 bridgehead atoms. The maximum atomic E-state index is 14.0. The number of hydrogen-bond acceptors (Lipinski definition) is 4. The summed E-state index contributed by atoms with van der Waals surface area (Å²) in [6, 6.07) is 11.2. The number of hydrogen-bond donors (Lipinski definition) is 0. The van der Waals surface area contributed by atoms with E-state index in [9.17, 15) is 9.18 Å². The molecule has 0 unspecified atom stereocenters. The zero-order valence-corrected chi connectivity index (χ0v) is 14.7. The van der Waals surface area contributed by atoms with Crippen molar-refractivity contribution in [2.75, 3.05) is 7.11 Å². The van der Waals surface area contributed by atoms with E-state index < -0.39 is 5.82 Å². The van der Waals surface area contributed by atoms with Crippen LogP contribution >= 0.6 is 11.6 Å². The lowest BCUT2D eigenvalue weighted by Gasteiger charge is -2.12. The fourth-order valence-corrected chi connectivity index (χ4v) is 2.93. The molecular weight excluding hydrogens is 357 g/mol. The number of carbonyl (C=O) groups is 1. The molecule has 26 heavy (non-hydrogen) atoms. The summed E-state index contributed by atoms with van der Waals surface area (Å²) < 4.78 is 20.9. The smallest absolute Gasteiger partial charge is 0.171 e. The summed E-state index contributed by atoms with van der Waals surface area (Å²) in [5.41, 5.74) is 1.87. The fourth-order valence-electron chi connectivity index (χ4n) is 2.67. The lowest BCUT2D eigenvalue weighted by molar-refractivity contribution is 0.111. The van der Waals surface area contributed by atoms with Crippen LogP contribution in [0.4, 0.5) is 4.39 Å². The van der Waals surface area contributed by atoms with Crippen molar-refractivity contribution >= 4 is 17.9 Å². The number of ether oxygens (including phenoxy) is 1. The van der Waals surface area contributed by atoms with E-state index in [0.29, 0.717) is 29.1 Å². The van der Waals surface area contributed by atoms with Crippen molar-refractivity contribution < 1.29 is 13.9 Å². The van der Waals surface area contributed by atoms with Crippen molar-refractivity contribution in [2.45, 2.75) is 6.92 Å². The number of aryl methyl sites for hydroxylation is 1. The Labute approximate surface area is 154 Å². The Morgan fingerprint density at radius 1 is 1.31 bits per heavy atom. The van der Waals surface area contributed by atoms with E-state index in [1.54, 1.807) is 35.9 Å². The highest BCUT2D eigenvalue weighted by atomic mass is 35.5. The molecule has 0 fully saturated rings. The predicted octanol–water partition coefficient (Wildman–Crippen LogP) is 4.33. The number of halogens is 2. The Morgan fingerprint density at radius 3 is 2.65 bits per heavy atom. The molecule has 2 aromatic carbocycles. The van der Waals surface area contributed by atoms with Crippen LogP contribution in [0.1, 0.15) is 21.6 Å². The van der Waals surface area contributed by atoms with Gasteiger partial charge in [0.15, 0.2) is 6.29 Å². The van der Waals surface area contributed by atoms with Gasteiger partial charge < -0.3 is 4.74 Å². The standard InChI is InChI=1S/C19H13ClFN3O2/c1-11-7-14(5-6-17(11)26-2)24-18(20)16(10-25)23-19(24)12-3-4-13(9-22)15(21)8-12/h3-8,10H,1-2H3. The first-order valence-corrected chi connectivity index (χ1v) is 7.96. The zero-order chi connectivity index (χ0) is 18.8. The molecule has 0 N–H and O–H groups in total. The van der Waals surface area contributed by atoms with Gasteiger partial charge in [-0.15, -0.1) is 0 Å². The molecule has 0 aliphatic rings. The Kier molecular flexibility index (Phi) is 4.74. The van der Waals surface area contributed by atoms with Gasteiger partial charge in [-0.1, -0.05) is 11.6 Å². The Hall–Kier alpha value is -3.17. The van der Waals surface area contributed by atoms with Crippen LogP contribution in [0.25, 0.3) is 17.1 Å². The van der Waals surface area contributed by atoms with Crippen LogP contribution in [0.3, 0.4) is 0 Å². The molecular formula is C19H13ClFN3O2. The van der Waals surface area contributed by atoms with Crippen LogP contribution in [0.5, 0.6) is 5.75 Å². The Morgan fingerprint density at radius 2 is 2.08 bits per heavy atom. The van der Waals surface area contributed by atoms with Crippen molar-refractivity contribution in [3.63, 3.8) is 0 Å². The average Bonchev–Trinajstić information content (AvgIpc) is 2.98. The van der Waals surface area contributed by atoms with E-state index in [4.69, 9.17) is 21.6 Å². The number of aldehydes is 1. The highest BCUT2D eigenvalue weighted by Crippen LogP contribution is 2.32. The van der Waals surface area contributed by atoms with E-state index in [-0.39, 0.29) is 16.4 Å². The lowest BCUT2D eigenvalue weighted by Crippen LogP contribution is -2.00. The minimum absolute atomic E-state index is 0.0416. The molecule has 0 atom stereocenters. The van der Waals surface area contributed by atoms with Crippen molar-refractivity contribution in [3.05, 3.63) is 64.2 Å². The molecule has 0 saturated heterocycles. The molecule has 0 aliphatic carbocycles. The van der Waals surface area contributed by atoms with Gasteiger partial charge in [-0.25, -0.2) is 9.37 Å². The number of nitriles is 1. The van der Waals surface area contributed by atoms with Gasteiger partial charge in [0.2, 0.25) is 0 Å². The third kappa shape index (κ3) is 2.93. The van der Waals surface area contributed by atoms with E-state index in [1.165, 1.54) is 12.1 Å². The van der Waals surface area contributed by atoms with Gasteiger partial charge in [0, 0.05) is 11.3 Å². The molecule has 1 heterocycles. The highest BCUT2D eigenvalue weighted by Gasteiger charge is 2.19. The van der Waals surface area contributed by atoms with Gasteiger partial charge in [0.05, 0.1) is 12.7 Å². The van der Waals surface area contributed by atoms with Gasteiger partial charge in [-0.3, -0.25) is 9.36 Å². The molecule has 0 radical (unpaired) electrons. The Balaban J connectivity index is 2.24. The Bertz CT molecular complexity index is 1050. The molecule has 130 valence electrons. The van der Waals surface area contributed by atoms with Gasteiger partial charge in [-0.05, 0) is 48.9 Å². The third-order valence-electron chi connectivity index (χ3n) is 3.94. The van der Waals surface area contributed by atoms with Crippen LogP contribution in [0, 0.1) is 24.1 Å². The summed E-state index contributed by atoms with van der Waals surface area (Å²) in [6.07, 6.45) is 0.540. The number of aromatic nitrogens is 2. The summed E-state index contributed by atoms with van der Waals surface area (Å²) in [4.78, 5) is 15.5. The highest BCUT2D eigenvalue weighted by molar-refractivity contribution is 6.32. The van der Waals surface area contributed by atoms with Crippen molar-refractivity contribution in [3.8, 4) is 28.9 Å². The van der Waals surface area contributed by atoms with Crippen LogP contribution in [0.2, 0.25) is 5.15 Å². The normalized spacial score (nSPS) is 10.4. The average molecular weight is 370 g/mol. The molecule has 3 aromatic rings. The quantitative estimate of drug-likeness (QED) is 0.642. The maximum absolute atomic E-state index is 14.0. The van der Waals surface area contributed by atoms with Crippen LogP contribution < -0.4 is 4.74 Å². The van der Waals surface area contributed by atoms with Gasteiger partial charge >= 0.3 is 0 Å². The summed E-state index contributed by atoms with van der Waals surface area (Å²) in [5, 5.41) is 9.00. The van der Waals surface area contributed by atoms with Gasteiger partial charge in [0.1, 0.15) is 34.3 Å². The third-order valence-corrected chi connectivity index (χ3v) is 4.30.